The van der Waals surface area contributed by atoms with E-state index in [1.54, 1.807) is 11.3 Å². The van der Waals surface area contributed by atoms with Crippen molar-refractivity contribution in [1.29, 1.82) is 0 Å². The predicted molar refractivity (Wildman–Crippen MR) is 55.7 cm³/mol. The van der Waals surface area contributed by atoms with Crippen molar-refractivity contribution in [2.24, 2.45) is 5.10 Å². The molecule has 14 heavy (non-hydrogen) atoms. The van der Waals surface area contributed by atoms with Crippen LogP contribution in [0.25, 0.3) is 0 Å². The Morgan fingerprint density at radius 1 is 1.57 bits per heavy atom. The van der Waals surface area contributed by atoms with Crippen molar-refractivity contribution in [1.82, 2.24) is 15.9 Å². The van der Waals surface area contributed by atoms with Gasteiger partial charge in [0.2, 0.25) is 5.91 Å². The second kappa shape index (κ2) is 5.59. The van der Waals surface area contributed by atoms with E-state index in [-0.39, 0.29) is 5.91 Å². The van der Waals surface area contributed by atoms with Crippen LogP contribution in [0.1, 0.15) is 26.7 Å². The van der Waals surface area contributed by atoms with Gasteiger partial charge < -0.3 is 5.32 Å². The molecule has 0 radical (unpaired) electrons. The zero-order valence-electron chi connectivity index (χ0n) is 8.79. The van der Waals surface area contributed by atoms with Gasteiger partial charge in [0.1, 0.15) is 0 Å². The highest BCUT2D eigenvalue weighted by atomic mass is 16.2. The Hall–Kier alpha value is -1.10. The molecule has 0 spiro atoms. The van der Waals surface area contributed by atoms with Gasteiger partial charge in [-0.3, -0.25) is 10.2 Å². The average Bonchev–Trinajstić information content (AvgIpc) is 2.18. The number of hydrazine groups is 1. The lowest BCUT2D eigenvalue weighted by molar-refractivity contribution is -0.125. The Morgan fingerprint density at radius 2 is 2.21 bits per heavy atom. The molecular formula is C9H18N4O. The Kier molecular flexibility index (Phi) is 4.39. The fraction of sp³-hybridized carbons (Fsp3) is 0.778. The van der Waals surface area contributed by atoms with E-state index in [1.165, 1.54) is 6.92 Å². The minimum Gasteiger partial charge on any atom is -0.317 e. The molecule has 1 heterocycles. The number of carbonyl (C=O) groups excluding carboxylic acids is 1. The topological polar surface area (TPSA) is 56.7 Å². The second-order valence-electron chi connectivity index (χ2n) is 3.37. The van der Waals surface area contributed by atoms with Gasteiger partial charge in [0, 0.05) is 13.1 Å². The molecule has 1 aliphatic rings. The molecule has 5 heteroatoms. The number of nitrogens with zero attached hydrogens (tertiary/aromatic N) is 2. The third-order valence-corrected chi connectivity index (χ3v) is 2.17. The summed E-state index contributed by atoms with van der Waals surface area (Å²) in [6.07, 6.45) is 3.72. The van der Waals surface area contributed by atoms with Crippen molar-refractivity contribution >= 4 is 12.1 Å². The SMILES string of the molecule is C/C=N\N(NC(C)=O)C1CCNCC1. The summed E-state index contributed by atoms with van der Waals surface area (Å²) in [4.78, 5) is 10.9. The molecule has 0 atom stereocenters. The van der Waals surface area contributed by atoms with E-state index in [1.807, 2.05) is 6.92 Å². The van der Waals surface area contributed by atoms with Crippen LogP contribution in [0.3, 0.4) is 0 Å². The molecule has 80 valence electrons. The molecule has 0 aromatic heterocycles. The standard InChI is InChI=1S/C9H18N4O/c1-3-11-13(12-8(2)14)9-4-6-10-7-5-9/h3,9-10H,4-7H2,1-2H3,(H,12,14)/b11-3-. The van der Waals surface area contributed by atoms with Gasteiger partial charge >= 0.3 is 0 Å². The number of hydrazone groups is 1. The largest absolute Gasteiger partial charge is 0.317 e. The van der Waals surface area contributed by atoms with E-state index < -0.39 is 0 Å². The van der Waals surface area contributed by atoms with Crippen LogP contribution in [0.2, 0.25) is 0 Å². The average molecular weight is 198 g/mol. The smallest absolute Gasteiger partial charge is 0.236 e. The van der Waals surface area contributed by atoms with Crippen molar-refractivity contribution in [3.05, 3.63) is 0 Å². The molecule has 5 nitrogen and oxygen atoms in total. The Balaban J connectivity index is 2.51. The van der Waals surface area contributed by atoms with Gasteiger partial charge in [-0.05, 0) is 32.9 Å². The number of nitrogens with one attached hydrogen (secondary N) is 2. The molecule has 1 rings (SSSR count). The van der Waals surface area contributed by atoms with Crippen LogP contribution in [-0.4, -0.2) is 36.4 Å². The highest BCUT2D eigenvalue weighted by molar-refractivity contribution is 5.72. The summed E-state index contributed by atoms with van der Waals surface area (Å²) in [7, 11) is 0. The first kappa shape index (κ1) is 11.0. The van der Waals surface area contributed by atoms with Crippen molar-refractivity contribution in [2.75, 3.05) is 13.1 Å². The molecule has 1 saturated heterocycles. The summed E-state index contributed by atoms with van der Waals surface area (Å²) in [6.45, 7) is 5.31. The number of hydrogen-bond donors (Lipinski definition) is 2. The summed E-state index contributed by atoms with van der Waals surface area (Å²) in [6, 6.07) is 0.316. The van der Waals surface area contributed by atoms with E-state index >= 15 is 0 Å². The summed E-state index contributed by atoms with van der Waals surface area (Å²) >= 11 is 0. The normalized spacial score (nSPS) is 18.4. The first-order valence-electron chi connectivity index (χ1n) is 5.00. The maximum absolute atomic E-state index is 10.9. The lowest BCUT2D eigenvalue weighted by Gasteiger charge is -2.31. The van der Waals surface area contributed by atoms with Gasteiger partial charge in [-0.2, -0.15) is 5.10 Å². The van der Waals surface area contributed by atoms with Crippen molar-refractivity contribution < 1.29 is 4.79 Å². The summed E-state index contributed by atoms with van der Waals surface area (Å²) in [5, 5.41) is 9.08. The third kappa shape index (κ3) is 3.33. The maximum atomic E-state index is 10.9. The predicted octanol–water partition coefficient (Wildman–Crippen LogP) is 0.0972. The van der Waals surface area contributed by atoms with Crippen molar-refractivity contribution in [3.63, 3.8) is 0 Å². The summed E-state index contributed by atoms with van der Waals surface area (Å²) in [5.41, 5.74) is 2.72. The monoisotopic (exact) mass is 198 g/mol. The van der Waals surface area contributed by atoms with Crippen LogP contribution in [-0.2, 0) is 4.79 Å². The van der Waals surface area contributed by atoms with Crippen LogP contribution >= 0.6 is 0 Å². The summed E-state index contributed by atoms with van der Waals surface area (Å²) < 4.78 is 0. The second-order valence-corrected chi connectivity index (χ2v) is 3.37. The molecule has 0 aromatic carbocycles. The molecule has 0 aliphatic carbocycles. The Bertz CT molecular complexity index is 211. The third-order valence-electron chi connectivity index (χ3n) is 2.17. The fourth-order valence-corrected chi connectivity index (χ4v) is 1.55. The number of carbonyl (C=O) groups is 1. The van der Waals surface area contributed by atoms with Crippen LogP contribution < -0.4 is 10.7 Å². The first-order valence-corrected chi connectivity index (χ1v) is 5.00. The van der Waals surface area contributed by atoms with Gasteiger partial charge in [0.15, 0.2) is 0 Å². The van der Waals surface area contributed by atoms with E-state index in [0.29, 0.717) is 6.04 Å². The van der Waals surface area contributed by atoms with Gasteiger partial charge in [0.25, 0.3) is 0 Å². The Morgan fingerprint density at radius 3 is 2.71 bits per heavy atom. The van der Waals surface area contributed by atoms with Gasteiger partial charge in [-0.25, -0.2) is 5.12 Å². The molecule has 1 fully saturated rings. The molecule has 1 amide bonds. The first-order chi connectivity index (χ1) is 6.74. The number of hydrogen-bond acceptors (Lipinski definition) is 4. The van der Waals surface area contributed by atoms with Crippen LogP contribution in [0, 0.1) is 0 Å². The van der Waals surface area contributed by atoms with Crippen molar-refractivity contribution in [3.8, 4) is 0 Å². The highest BCUT2D eigenvalue weighted by Crippen LogP contribution is 2.09. The van der Waals surface area contributed by atoms with E-state index in [2.05, 4.69) is 15.8 Å². The van der Waals surface area contributed by atoms with Crippen LogP contribution in [0.5, 0.6) is 0 Å². The van der Waals surface area contributed by atoms with E-state index in [9.17, 15) is 4.79 Å². The van der Waals surface area contributed by atoms with Crippen LogP contribution in [0.15, 0.2) is 5.10 Å². The fourth-order valence-electron chi connectivity index (χ4n) is 1.55. The molecule has 0 saturated carbocycles. The Labute approximate surface area is 84.5 Å². The number of piperidine rings is 1. The lowest BCUT2D eigenvalue weighted by Crippen LogP contribution is -2.48. The van der Waals surface area contributed by atoms with Gasteiger partial charge in [-0.15, -0.1) is 0 Å². The van der Waals surface area contributed by atoms with Crippen LogP contribution in [0.4, 0.5) is 0 Å². The number of amides is 1. The van der Waals surface area contributed by atoms with Crippen molar-refractivity contribution in [2.45, 2.75) is 32.7 Å². The summed E-state index contributed by atoms with van der Waals surface area (Å²) in [5.74, 6) is -0.0749. The van der Waals surface area contributed by atoms with Gasteiger partial charge in [-0.1, -0.05) is 0 Å². The minimum atomic E-state index is -0.0749. The quantitative estimate of drug-likeness (QED) is 0.499. The molecule has 0 aromatic rings. The number of rotatable bonds is 3. The van der Waals surface area contributed by atoms with Gasteiger partial charge in [0.05, 0.1) is 6.04 Å². The molecule has 1 aliphatic heterocycles. The molecule has 0 unspecified atom stereocenters. The minimum absolute atomic E-state index is 0.0749. The lowest BCUT2D eigenvalue weighted by atomic mass is 10.1. The zero-order chi connectivity index (χ0) is 10.4. The molecule has 2 N–H and O–H groups in total. The molecule has 0 bridgehead atoms. The van der Waals surface area contributed by atoms with E-state index in [4.69, 9.17) is 0 Å². The highest BCUT2D eigenvalue weighted by Gasteiger charge is 2.19. The molecular weight excluding hydrogens is 180 g/mol. The maximum Gasteiger partial charge on any atom is 0.236 e. The van der Waals surface area contributed by atoms with E-state index in [0.717, 1.165) is 25.9 Å². The zero-order valence-corrected chi connectivity index (χ0v) is 8.79.